The molecule has 0 bridgehead atoms. The lowest BCUT2D eigenvalue weighted by molar-refractivity contribution is 0.414. The van der Waals surface area contributed by atoms with Crippen LogP contribution in [0.5, 0.6) is 5.75 Å². The van der Waals surface area contributed by atoms with Crippen LogP contribution in [0.4, 0.5) is 0 Å². The van der Waals surface area contributed by atoms with Gasteiger partial charge in [-0.3, -0.25) is 0 Å². The molecule has 0 amide bonds. The number of rotatable bonds is 5. The third kappa shape index (κ3) is 3.52. The molecule has 2 nitrogen and oxygen atoms in total. The first-order valence-electron chi connectivity index (χ1n) is 7.27. The Balaban J connectivity index is 2.04. The van der Waals surface area contributed by atoms with Crippen LogP contribution in [0, 0.1) is 0 Å². The van der Waals surface area contributed by atoms with Gasteiger partial charge in [0.25, 0.3) is 0 Å². The summed E-state index contributed by atoms with van der Waals surface area (Å²) in [6.45, 7) is 0. The van der Waals surface area contributed by atoms with Crippen LogP contribution in [-0.2, 0) is 4.57 Å². The first kappa shape index (κ1) is 15.9. The predicted octanol–water partition coefficient (Wildman–Crippen LogP) is 4.72. The number of hydrogen-bond donors (Lipinski definition) is 0. The van der Waals surface area contributed by atoms with Crippen LogP contribution in [0.1, 0.15) is 0 Å². The second-order valence-electron chi connectivity index (χ2n) is 4.99. The Hall–Kier alpha value is -1.96. The number of ether oxygens (including phenoxy) is 1. The molecular weight excluding hydrogens is 323 g/mol. The van der Waals surface area contributed by atoms with E-state index >= 15 is 0 Å². The standard InChI is InChI=1S/C19H17O2PS/c1-21-16-12-14-19(15-13-16)23-22(20,17-8-4-2-5-9-17)18-10-6-3-7-11-18/h2-15H,1H3. The van der Waals surface area contributed by atoms with E-state index < -0.39 is 6.34 Å². The minimum atomic E-state index is -2.79. The van der Waals surface area contributed by atoms with Gasteiger partial charge in [0.05, 0.1) is 7.11 Å². The van der Waals surface area contributed by atoms with Crippen molar-refractivity contribution in [2.45, 2.75) is 4.90 Å². The molecule has 0 aliphatic heterocycles. The second kappa shape index (κ2) is 7.08. The van der Waals surface area contributed by atoms with E-state index in [0.29, 0.717) is 0 Å². The molecule has 0 saturated carbocycles. The van der Waals surface area contributed by atoms with Crippen LogP contribution in [-0.4, -0.2) is 7.11 Å². The van der Waals surface area contributed by atoms with Gasteiger partial charge in [-0.05, 0) is 24.3 Å². The Labute approximate surface area is 140 Å². The Kier molecular flexibility index (Phi) is 4.90. The average Bonchev–Trinajstić information content (AvgIpc) is 2.64. The Morgan fingerprint density at radius 1 is 0.739 bits per heavy atom. The highest BCUT2D eigenvalue weighted by Gasteiger charge is 2.28. The fourth-order valence-corrected chi connectivity index (χ4v) is 7.10. The van der Waals surface area contributed by atoms with E-state index in [2.05, 4.69) is 0 Å². The summed E-state index contributed by atoms with van der Waals surface area (Å²) in [4.78, 5) is 0.960. The molecule has 3 aromatic carbocycles. The van der Waals surface area contributed by atoms with E-state index in [1.807, 2.05) is 84.9 Å². The zero-order valence-corrected chi connectivity index (χ0v) is 14.5. The SMILES string of the molecule is COc1ccc(SP(=O)(c2ccccc2)c2ccccc2)cc1. The minimum Gasteiger partial charge on any atom is -0.497 e. The number of methoxy groups -OCH3 is 1. The molecule has 0 aliphatic carbocycles. The van der Waals surface area contributed by atoms with Gasteiger partial charge in [-0.25, -0.2) is 0 Å². The Morgan fingerprint density at radius 3 is 1.65 bits per heavy atom. The first-order chi connectivity index (χ1) is 11.2. The molecule has 0 fully saturated rings. The molecule has 3 aromatic rings. The van der Waals surface area contributed by atoms with Crippen molar-refractivity contribution >= 4 is 28.3 Å². The van der Waals surface area contributed by atoms with Crippen LogP contribution >= 0.6 is 17.7 Å². The van der Waals surface area contributed by atoms with E-state index in [1.54, 1.807) is 7.11 Å². The third-order valence-electron chi connectivity index (χ3n) is 3.49. The predicted molar refractivity (Wildman–Crippen MR) is 98.6 cm³/mol. The van der Waals surface area contributed by atoms with Gasteiger partial charge in [-0.1, -0.05) is 72.0 Å². The summed E-state index contributed by atoms with van der Waals surface area (Å²) >= 11 is 1.42. The van der Waals surface area contributed by atoms with Gasteiger partial charge in [-0.15, -0.1) is 0 Å². The van der Waals surface area contributed by atoms with Crippen LogP contribution in [0.25, 0.3) is 0 Å². The highest BCUT2D eigenvalue weighted by molar-refractivity contribution is 8.62. The molecule has 0 unspecified atom stereocenters. The van der Waals surface area contributed by atoms with Crippen molar-refractivity contribution in [3.8, 4) is 5.75 Å². The maximum absolute atomic E-state index is 13.9. The maximum Gasteiger partial charge on any atom is 0.199 e. The molecule has 0 spiro atoms. The normalized spacial score (nSPS) is 11.2. The van der Waals surface area contributed by atoms with E-state index in [0.717, 1.165) is 21.3 Å². The Bertz CT molecular complexity index is 758. The summed E-state index contributed by atoms with van der Waals surface area (Å²) in [7, 11) is 1.64. The molecular formula is C19H17O2PS. The molecule has 0 radical (unpaired) electrons. The van der Waals surface area contributed by atoms with Crippen molar-refractivity contribution in [3.63, 3.8) is 0 Å². The molecule has 0 N–H and O–H groups in total. The van der Waals surface area contributed by atoms with Crippen molar-refractivity contribution in [2.24, 2.45) is 0 Å². The summed E-state index contributed by atoms with van der Waals surface area (Å²) in [5.74, 6) is 0.795. The summed E-state index contributed by atoms with van der Waals surface area (Å²) in [6, 6.07) is 27.0. The van der Waals surface area contributed by atoms with Crippen molar-refractivity contribution in [1.82, 2.24) is 0 Å². The monoisotopic (exact) mass is 340 g/mol. The summed E-state index contributed by atoms with van der Waals surface area (Å²) in [6.07, 6.45) is -2.79. The average molecular weight is 340 g/mol. The summed E-state index contributed by atoms with van der Waals surface area (Å²) in [5, 5.41) is 1.71. The molecule has 0 saturated heterocycles. The van der Waals surface area contributed by atoms with Crippen molar-refractivity contribution in [2.75, 3.05) is 7.11 Å². The number of benzene rings is 3. The first-order valence-corrected chi connectivity index (χ1v) is 10.4. The summed E-state index contributed by atoms with van der Waals surface area (Å²) in [5.41, 5.74) is 0. The lowest BCUT2D eigenvalue weighted by Gasteiger charge is -2.18. The highest BCUT2D eigenvalue weighted by Crippen LogP contribution is 2.59. The van der Waals surface area contributed by atoms with Gasteiger partial charge in [0, 0.05) is 15.5 Å². The van der Waals surface area contributed by atoms with Crippen LogP contribution < -0.4 is 15.3 Å². The molecule has 23 heavy (non-hydrogen) atoms. The molecule has 0 aliphatic rings. The number of hydrogen-bond acceptors (Lipinski definition) is 3. The van der Waals surface area contributed by atoms with Crippen LogP contribution in [0.3, 0.4) is 0 Å². The third-order valence-corrected chi connectivity index (χ3v) is 8.85. The second-order valence-corrected chi connectivity index (χ2v) is 9.87. The van der Waals surface area contributed by atoms with E-state index in [1.165, 1.54) is 11.4 Å². The van der Waals surface area contributed by atoms with Gasteiger partial charge in [0.2, 0.25) is 0 Å². The van der Waals surface area contributed by atoms with Gasteiger partial charge in [-0.2, -0.15) is 0 Å². The van der Waals surface area contributed by atoms with E-state index in [-0.39, 0.29) is 0 Å². The van der Waals surface area contributed by atoms with E-state index in [9.17, 15) is 4.57 Å². The molecule has 0 aromatic heterocycles. The quantitative estimate of drug-likeness (QED) is 0.629. The minimum absolute atomic E-state index is 0.795. The molecule has 0 atom stereocenters. The maximum atomic E-state index is 13.9. The lowest BCUT2D eigenvalue weighted by Crippen LogP contribution is -2.13. The van der Waals surface area contributed by atoms with Crippen molar-refractivity contribution < 1.29 is 9.30 Å². The van der Waals surface area contributed by atoms with Crippen molar-refractivity contribution in [3.05, 3.63) is 84.9 Å². The zero-order chi connectivity index (χ0) is 16.1. The van der Waals surface area contributed by atoms with Crippen LogP contribution in [0.15, 0.2) is 89.8 Å². The highest BCUT2D eigenvalue weighted by atomic mass is 32.7. The molecule has 3 rings (SSSR count). The van der Waals surface area contributed by atoms with E-state index in [4.69, 9.17) is 4.74 Å². The summed E-state index contributed by atoms with van der Waals surface area (Å²) < 4.78 is 19.1. The van der Waals surface area contributed by atoms with Crippen molar-refractivity contribution in [1.29, 1.82) is 0 Å². The van der Waals surface area contributed by atoms with Gasteiger partial charge < -0.3 is 9.30 Å². The fourth-order valence-electron chi connectivity index (χ4n) is 2.29. The largest absolute Gasteiger partial charge is 0.497 e. The van der Waals surface area contributed by atoms with Crippen LogP contribution in [0.2, 0.25) is 0 Å². The topological polar surface area (TPSA) is 26.3 Å². The molecule has 4 heteroatoms. The lowest BCUT2D eigenvalue weighted by atomic mass is 10.3. The Morgan fingerprint density at radius 2 is 1.22 bits per heavy atom. The van der Waals surface area contributed by atoms with Gasteiger partial charge in [0.15, 0.2) is 6.34 Å². The van der Waals surface area contributed by atoms with Gasteiger partial charge in [0.1, 0.15) is 5.75 Å². The van der Waals surface area contributed by atoms with Gasteiger partial charge >= 0.3 is 0 Å². The smallest absolute Gasteiger partial charge is 0.199 e. The zero-order valence-electron chi connectivity index (χ0n) is 12.8. The molecule has 0 heterocycles. The fraction of sp³-hybridized carbons (Fsp3) is 0.0526. The molecule has 116 valence electrons.